The van der Waals surface area contributed by atoms with Crippen molar-refractivity contribution in [2.75, 3.05) is 13.1 Å². The minimum atomic E-state index is -0.682. The van der Waals surface area contributed by atoms with Crippen LogP contribution in [-0.4, -0.2) is 35.0 Å². The summed E-state index contributed by atoms with van der Waals surface area (Å²) in [6.07, 6.45) is 1.53. The second-order valence-electron chi connectivity index (χ2n) is 6.58. The molecule has 1 aliphatic carbocycles. The Hall–Kier alpha value is -1.36. The number of hydrogen-bond donors (Lipinski definition) is 1. The van der Waals surface area contributed by atoms with E-state index in [4.69, 9.17) is 5.11 Å². The largest absolute Gasteiger partial charge is 0.481 e. The van der Waals surface area contributed by atoms with Crippen molar-refractivity contribution in [3.8, 4) is 0 Å². The fourth-order valence-electron chi connectivity index (χ4n) is 3.36. The van der Waals surface area contributed by atoms with Gasteiger partial charge in [0.1, 0.15) is 0 Å². The molecule has 1 N–H and O–H groups in total. The van der Waals surface area contributed by atoms with Crippen molar-refractivity contribution in [2.24, 2.45) is 23.7 Å². The zero-order valence-electron chi connectivity index (χ0n) is 12.5. The quantitative estimate of drug-likeness (QED) is 0.872. The maximum Gasteiger partial charge on any atom is 0.306 e. The molecule has 1 aromatic carbocycles. The Balaban J connectivity index is 1.47. The summed E-state index contributed by atoms with van der Waals surface area (Å²) < 4.78 is 1.04. The maximum absolute atomic E-state index is 12.4. The standard InChI is InChI=1S/C17H20BrNO3/c1-10(6-11-2-4-13(18)5-3-11)16(20)19-8-12(9-19)14-7-15(14)17(21)22/h2-5,10,12,14-15H,6-9H2,1H3,(H,21,22)/t10?,14-,15+/m0/s1. The number of carbonyl (C=O) groups excluding carboxylic acids is 1. The lowest BCUT2D eigenvalue weighted by Crippen LogP contribution is -2.53. The molecule has 3 atom stereocenters. The highest BCUT2D eigenvalue weighted by atomic mass is 79.9. The third kappa shape index (κ3) is 3.19. The number of rotatable bonds is 5. The predicted molar refractivity (Wildman–Crippen MR) is 86.3 cm³/mol. The fourth-order valence-corrected chi connectivity index (χ4v) is 3.62. The summed E-state index contributed by atoms with van der Waals surface area (Å²) in [4.78, 5) is 25.2. The highest BCUT2D eigenvalue weighted by molar-refractivity contribution is 9.10. The lowest BCUT2D eigenvalue weighted by atomic mass is 9.90. The Bertz CT molecular complexity index is 580. The molecule has 1 unspecified atom stereocenters. The lowest BCUT2D eigenvalue weighted by molar-refractivity contribution is -0.142. The molecule has 0 aromatic heterocycles. The molecule has 0 radical (unpaired) electrons. The van der Waals surface area contributed by atoms with Crippen molar-refractivity contribution in [3.63, 3.8) is 0 Å². The van der Waals surface area contributed by atoms with Crippen LogP contribution in [0, 0.1) is 23.7 Å². The molecule has 1 aromatic rings. The van der Waals surface area contributed by atoms with Gasteiger partial charge in [0.25, 0.3) is 0 Å². The third-order valence-corrected chi connectivity index (χ3v) is 5.39. The molecular weight excluding hydrogens is 346 g/mol. The number of halogens is 1. The van der Waals surface area contributed by atoms with E-state index >= 15 is 0 Å². The molecule has 1 saturated heterocycles. The molecule has 1 amide bonds. The molecule has 2 aliphatic rings. The van der Waals surface area contributed by atoms with Crippen LogP contribution in [-0.2, 0) is 16.0 Å². The molecule has 4 nitrogen and oxygen atoms in total. The monoisotopic (exact) mass is 365 g/mol. The Kier molecular flexibility index (Phi) is 4.26. The first-order chi connectivity index (χ1) is 10.5. The Morgan fingerprint density at radius 2 is 1.95 bits per heavy atom. The second-order valence-corrected chi connectivity index (χ2v) is 7.49. The number of hydrogen-bond acceptors (Lipinski definition) is 2. The zero-order valence-corrected chi connectivity index (χ0v) is 14.1. The van der Waals surface area contributed by atoms with Gasteiger partial charge in [0.05, 0.1) is 5.92 Å². The molecule has 0 spiro atoms. The van der Waals surface area contributed by atoms with Gasteiger partial charge in [-0.2, -0.15) is 0 Å². The molecule has 118 valence electrons. The van der Waals surface area contributed by atoms with Crippen molar-refractivity contribution in [2.45, 2.75) is 19.8 Å². The average molecular weight is 366 g/mol. The van der Waals surface area contributed by atoms with Gasteiger partial charge in [0, 0.05) is 23.5 Å². The number of carboxylic acids is 1. The van der Waals surface area contributed by atoms with Gasteiger partial charge < -0.3 is 10.0 Å². The Morgan fingerprint density at radius 3 is 2.50 bits per heavy atom. The zero-order chi connectivity index (χ0) is 15.9. The number of nitrogens with zero attached hydrogens (tertiary/aromatic N) is 1. The van der Waals surface area contributed by atoms with E-state index in [0.29, 0.717) is 11.8 Å². The highest BCUT2D eigenvalue weighted by Crippen LogP contribution is 2.47. The number of carboxylic acid groups (broad SMARTS) is 1. The van der Waals surface area contributed by atoms with Crippen LogP contribution in [0.25, 0.3) is 0 Å². The molecule has 0 bridgehead atoms. The summed E-state index contributed by atoms with van der Waals surface area (Å²) in [5.74, 6) is -0.00243. The first kappa shape index (κ1) is 15.5. The van der Waals surface area contributed by atoms with E-state index in [1.807, 2.05) is 36.1 Å². The van der Waals surface area contributed by atoms with E-state index in [-0.39, 0.29) is 17.7 Å². The SMILES string of the molecule is CC(Cc1ccc(Br)cc1)C(=O)N1CC([C@@H]2C[C@H]2C(=O)O)C1. The summed E-state index contributed by atoms with van der Waals surface area (Å²) in [6, 6.07) is 8.06. The van der Waals surface area contributed by atoms with Gasteiger partial charge in [-0.15, -0.1) is 0 Å². The van der Waals surface area contributed by atoms with Gasteiger partial charge in [-0.05, 0) is 42.4 Å². The van der Waals surface area contributed by atoms with Crippen LogP contribution in [0.2, 0.25) is 0 Å². The van der Waals surface area contributed by atoms with Crippen LogP contribution in [0.15, 0.2) is 28.7 Å². The maximum atomic E-state index is 12.4. The molecule has 1 heterocycles. The van der Waals surface area contributed by atoms with Crippen LogP contribution in [0.5, 0.6) is 0 Å². The molecule has 1 aliphatic heterocycles. The molecule has 22 heavy (non-hydrogen) atoms. The Morgan fingerprint density at radius 1 is 1.32 bits per heavy atom. The van der Waals surface area contributed by atoms with Crippen LogP contribution in [0.3, 0.4) is 0 Å². The number of likely N-dealkylation sites (tertiary alicyclic amines) is 1. The molecule has 2 fully saturated rings. The summed E-state index contributed by atoms with van der Waals surface area (Å²) in [5, 5.41) is 8.96. The van der Waals surface area contributed by atoms with E-state index in [9.17, 15) is 9.59 Å². The van der Waals surface area contributed by atoms with Gasteiger partial charge in [-0.1, -0.05) is 35.0 Å². The van der Waals surface area contributed by atoms with Gasteiger partial charge in [-0.25, -0.2) is 0 Å². The second kappa shape index (κ2) is 6.03. The molecule has 1 saturated carbocycles. The van der Waals surface area contributed by atoms with Crippen molar-refractivity contribution in [3.05, 3.63) is 34.3 Å². The highest BCUT2D eigenvalue weighted by Gasteiger charge is 2.52. The predicted octanol–water partition coefficient (Wildman–Crippen LogP) is 2.81. The smallest absolute Gasteiger partial charge is 0.306 e. The third-order valence-electron chi connectivity index (χ3n) is 4.86. The number of benzene rings is 1. The van der Waals surface area contributed by atoms with E-state index in [2.05, 4.69) is 15.9 Å². The topological polar surface area (TPSA) is 57.6 Å². The van der Waals surface area contributed by atoms with Gasteiger partial charge in [-0.3, -0.25) is 9.59 Å². The van der Waals surface area contributed by atoms with E-state index in [1.165, 1.54) is 0 Å². The fraction of sp³-hybridized carbons (Fsp3) is 0.529. The van der Waals surface area contributed by atoms with E-state index in [1.54, 1.807) is 0 Å². The van der Waals surface area contributed by atoms with E-state index in [0.717, 1.165) is 36.0 Å². The minimum Gasteiger partial charge on any atom is -0.481 e. The summed E-state index contributed by atoms with van der Waals surface area (Å²) in [5.41, 5.74) is 1.16. The first-order valence-electron chi connectivity index (χ1n) is 7.71. The molecular formula is C17H20BrNO3. The summed E-state index contributed by atoms with van der Waals surface area (Å²) >= 11 is 3.41. The Labute approximate surface area is 138 Å². The lowest BCUT2D eigenvalue weighted by Gasteiger charge is -2.41. The summed E-state index contributed by atoms with van der Waals surface area (Å²) in [7, 11) is 0. The molecule has 5 heteroatoms. The van der Waals surface area contributed by atoms with Crippen molar-refractivity contribution in [1.29, 1.82) is 0 Å². The number of carbonyl (C=O) groups is 2. The van der Waals surface area contributed by atoms with Crippen molar-refractivity contribution in [1.82, 2.24) is 4.90 Å². The number of aliphatic carboxylic acids is 1. The first-order valence-corrected chi connectivity index (χ1v) is 8.51. The van der Waals surface area contributed by atoms with Crippen LogP contribution < -0.4 is 0 Å². The van der Waals surface area contributed by atoms with Crippen LogP contribution in [0.4, 0.5) is 0 Å². The van der Waals surface area contributed by atoms with E-state index < -0.39 is 5.97 Å². The van der Waals surface area contributed by atoms with Crippen molar-refractivity contribution < 1.29 is 14.7 Å². The summed E-state index contributed by atoms with van der Waals surface area (Å²) in [6.45, 7) is 3.44. The number of amides is 1. The van der Waals surface area contributed by atoms with Crippen molar-refractivity contribution >= 4 is 27.8 Å². The van der Waals surface area contributed by atoms with Crippen LogP contribution in [0.1, 0.15) is 18.9 Å². The van der Waals surface area contributed by atoms with Gasteiger partial charge >= 0.3 is 5.97 Å². The van der Waals surface area contributed by atoms with Gasteiger partial charge in [0.15, 0.2) is 0 Å². The molecule has 3 rings (SSSR count). The average Bonchev–Trinajstić information content (AvgIpc) is 3.20. The minimum absolute atomic E-state index is 0.0309. The normalized spacial score (nSPS) is 25.5. The van der Waals surface area contributed by atoms with Crippen LogP contribution >= 0.6 is 15.9 Å². The van der Waals surface area contributed by atoms with Gasteiger partial charge in [0.2, 0.25) is 5.91 Å².